The van der Waals surface area contributed by atoms with Crippen molar-refractivity contribution in [1.82, 2.24) is 0 Å². The first kappa shape index (κ1) is 11.2. The zero-order valence-electron chi connectivity index (χ0n) is 9.64. The van der Waals surface area contributed by atoms with Crippen molar-refractivity contribution in [3.8, 4) is 0 Å². The van der Waals surface area contributed by atoms with Gasteiger partial charge in [-0.2, -0.15) is 0 Å². The third-order valence-electron chi connectivity index (χ3n) is 4.13. The Kier molecular flexibility index (Phi) is 2.68. The number of anilines is 2. The van der Waals surface area contributed by atoms with Gasteiger partial charge in [-0.25, -0.2) is 0 Å². The minimum absolute atomic E-state index is 0.127. The van der Waals surface area contributed by atoms with E-state index >= 15 is 0 Å². The zero-order valence-corrected chi connectivity index (χ0v) is 10.4. The van der Waals surface area contributed by atoms with Crippen LogP contribution in [-0.2, 0) is 0 Å². The Balaban J connectivity index is 1.83. The summed E-state index contributed by atoms with van der Waals surface area (Å²) < 4.78 is 0. The topological polar surface area (TPSA) is 49.5 Å². The minimum Gasteiger partial charge on any atom is -0.399 e. The molecule has 0 spiro atoms. The molecule has 17 heavy (non-hydrogen) atoms. The number of aliphatic hydroxyl groups is 1. The van der Waals surface area contributed by atoms with Crippen LogP contribution >= 0.6 is 11.6 Å². The van der Waals surface area contributed by atoms with Crippen LogP contribution in [0.15, 0.2) is 18.2 Å². The summed E-state index contributed by atoms with van der Waals surface area (Å²) >= 11 is 6.22. The van der Waals surface area contributed by atoms with Gasteiger partial charge in [0.25, 0.3) is 0 Å². The van der Waals surface area contributed by atoms with Gasteiger partial charge in [0.05, 0.1) is 16.8 Å². The molecule has 3 nitrogen and oxygen atoms in total. The highest BCUT2D eigenvalue weighted by atomic mass is 35.5. The molecule has 1 saturated carbocycles. The van der Waals surface area contributed by atoms with Crippen molar-refractivity contribution < 1.29 is 5.11 Å². The first-order valence-corrected chi connectivity index (χ1v) is 6.51. The van der Waals surface area contributed by atoms with Crippen LogP contribution < -0.4 is 10.6 Å². The lowest BCUT2D eigenvalue weighted by atomic mass is 10.00. The molecule has 2 fully saturated rings. The molecule has 4 heteroatoms. The van der Waals surface area contributed by atoms with Crippen LogP contribution in [0, 0.1) is 11.8 Å². The Morgan fingerprint density at radius 3 is 2.82 bits per heavy atom. The van der Waals surface area contributed by atoms with Crippen molar-refractivity contribution in [1.29, 1.82) is 0 Å². The van der Waals surface area contributed by atoms with Gasteiger partial charge in [0.2, 0.25) is 0 Å². The first-order valence-electron chi connectivity index (χ1n) is 6.13. The molecule has 3 N–H and O–H groups in total. The molecule has 1 aliphatic carbocycles. The SMILES string of the molecule is Nc1ccc(N2CC3CCC(O)C3C2)c(Cl)c1. The number of fused-ring (bicyclic) bond motifs is 1. The molecule has 1 aliphatic heterocycles. The number of aliphatic hydroxyl groups excluding tert-OH is 1. The molecular formula is C13H17ClN2O. The Bertz CT molecular complexity index is 437. The summed E-state index contributed by atoms with van der Waals surface area (Å²) in [6.45, 7) is 1.92. The molecule has 1 saturated heterocycles. The molecule has 0 amide bonds. The van der Waals surface area contributed by atoms with Crippen LogP contribution in [0.5, 0.6) is 0 Å². The lowest BCUT2D eigenvalue weighted by molar-refractivity contribution is 0.133. The fourth-order valence-electron chi connectivity index (χ4n) is 3.21. The van der Waals surface area contributed by atoms with Crippen LogP contribution in [0.1, 0.15) is 12.8 Å². The maximum atomic E-state index is 9.90. The molecule has 3 rings (SSSR count). The number of rotatable bonds is 1. The number of halogens is 1. The summed E-state index contributed by atoms with van der Waals surface area (Å²) in [5, 5.41) is 10.6. The number of nitrogens with two attached hydrogens (primary N) is 1. The van der Waals surface area contributed by atoms with E-state index in [9.17, 15) is 5.11 Å². The van der Waals surface area contributed by atoms with Gasteiger partial charge in [-0.1, -0.05) is 11.6 Å². The second-order valence-electron chi connectivity index (χ2n) is 5.18. The van der Waals surface area contributed by atoms with E-state index in [1.165, 1.54) is 0 Å². The van der Waals surface area contributed by atoms with Gasteiger partial charge in [-0.05, 0) is 37.0 Å². The Morgan fingerprint density at radius 1 is 1.29 bits per heavy atom. The Hall–Kier alpha value is -0.930. The largest absolute Gasteiger partial charge is 0.399 e. The summed E-state index contributed by atoms with van der Waals surface area (Å²) in [6.07, 6.45) is 1.96. The predicted molar refractivity (Wildman–Crippen MR) is 70.3 cm³/mol. The molecular weight excluding hydrogens is 236 g/mol. The summed E-state index contributed by atoms with van der Waals surface area (Å²) in [7, 11) is 0. The normalized spacial score (nSPS) is 31.9. The number of hydrogen-bond donors (Lipinski definition) is 2. The summed E-state index contributed by atoms with van der Waals surface area (Å²) in [4.78, 5) is 2.28. The van der Waals surface area contributed by atoms with Crippen LogP contribution in [-0.4, -0.2) is 24.3 Å². The highest BCUT2D eigenvalue weighted by molar-refractivity contribution is 6.33. The van der Waals surface area contributed by atoms with Gasteiger partial charge in [0, 0.05) is 24.7 Å². The quantitative estimate of drug-likeness (QED) is 0.753. The summed E-state index contributed by atoms with van der Waals surface area (Å²) in [6, 6.07) is 5.65. The van der Waals surface area contributed by atoms with E-state index in [-0.39, 0.29) is 6.10 Å². The molecule has 0 aromatic heterocycles. The minimum atomic E-state index is -0.127. The van der Waals surface area contributed by atoms with E-state index in [2.05, 4.69) is 4.90 Å². The van der Waals surface area contributed by atoms with E-state index in [0.29, 0.717) is 22.5 Å². The standard InChI is InChI=1S/C13H17ClN2O/c14-11-5-9(15)2-3-12(11)16-6-8-1-4-13(17)10(8)7-16/h2-3,5,8,10,13,17H,1,4,6-7,15H2. The molecule has 0 bridgehead atoms. The molecule has 1 heterocycles. The molecule has 2 aliphatic rings. The van der Waals surface area contributed by atoms with E-state index < -0.39 is 0 Å². The van der Waals surface area contributed by atoms with Crippen molar-refractivity contribution in [2.75, 3.05) is 23.7 Å². The lowest BCUT2D eigenvalue weighted by Gasteiger charge is -2.21. The van der Waals surface area contributed by atoms with Gasteiger partial charge < -0.3 is 15.7 Å². The van der Waals surface area contributed by atoms with Crippen LogP contribution in [0.4, 0.5) is 11.4 Å². The number of nitrogen functional groups attached to an aromatic ring is 1. The molecule has 3 atom stereocenters. The van der Waals surface area contributed by atoms with Crippen molar-refractivity contribution in [2.45, 2.75) is 18.9 Å². The second kappa shape index (κ2) is 4.07. The van der Waals surface area contributed by atoms with E-state index in [1.807, 2.05) is 12.1 Å². The fraction of sp³-hybridized carbons (Fsp3) is 0.538. The monoisotopic (exact) mass is 252 g/mol. The van der Waals surface area contributed by atoms with Crippen molar-refractivity contribution in [3.63, 3.8) is 0 Å². The average Bonchev–Trinajstić information content (AvgIpc) is 2.81. The van der Waals surface area contributed by atoms with Gasteiger partial charge in [0.15, 0.2) is 0 Å². The predicted octanol–water partition coefficient (Wildman–Crippen LogP) is 2.13. The third-order valence-corrected chi connectivity index (χ3v) is 4.43. The summed E-state index contributed by atoms with van der Waals surface area (Å²) in [5.41, 5.74) is 7.43. The van der Waals surface area contributed by atoms with Gasteiger partial charge in [0.1, 0.15) is 0 Å². The average molecular weight is 253 g/mol. The van der Waals surface area contributed by atoms with E-state index in [0.717, 1.165) is 31.6 Å². The Labute approximate surface area is 106 Å². The lowest BCUT2D eigenvalue weighted by Crippen LogP contribution is -2.24. The molecule has 92 valence electrons. The van der Waals surface area contributed by atoms with Crippen LogP contribution in [0.25, 0.3) is 0 Å². The second-order valence-corrected chi connectivity index (χ2v) is 5.59. The molecule has 3 unspecified atom stereocenters. The maximum Gasteiger partial charge on any atom is 0.0660 e. The molecule has 1 aromatic carbocycles. The van der Waals surface area contributed by atoms with Crippen molar-refractivity contribution >= 4 is 23.0 Å². The van der Waals surface area contributed by atoms with Gasteiger partial charge >= 0.3 is 0 Å². The smallest absolute Gasteiger partial charge is 0.0660 e. The third kappa shape index (κ3) is 1.87. The van der Waals surface area contributed by atoms with Crippen LogP contribution in [0.2, 0.25) is 5.02 Å². The Morgan fingerprint density at radius 2 is 2.12 bits per heavy atom. The van der Waals surface area contributed by atoms with Crippen molar-refractivity contribution in [3.05, 3.63) is 23.2 Å². The highest BCUT2D eigenvalue weighted by Gasteiger charge is 2.42. The van der Waals surface area contributed by atoms with Gasteiger partial charge in [-0.3, -0.25) is 0 Å². The number of hydrogen-bond acceptors (Lipinski definition) is 3. The molecule has 1 aromatic rings. The van der Waals surface area contributed by atoms with Gasteiger partial charge in [-0.15, -0.1) is 0 Å². The summed E-state index contributed by atoms with van der Waals surface area (Å²) in [5.74, 6) is 1.04. The maximum absolute atomic E-state index is 9.90. The first-order chi connectivity index (χ1) is 8.15. The fourth-order valence-corrected chi connectivity index (χ4v) is 3.52. The van der Waals surface area contributed by atoms with E-state index in [1.54, 1.807) is 6.07 Å². The van der Waals surface area contributed by atoms with Crippen molar-refractivity contribution in [2.24, 2.45) is 11.8 Å². The highest BCUT2D eigenvalue weighted by Crippen LogP contribution is 2.41. The number of nitrogens with zero attached hydrogens (tertiary/aromatic N) is 1. The van der Waals surface area contributed by atoms with Crippen LogP contribution in [0.3, 0.4) is 0 Å². The van der Waals surface area contributed by atoms with E-state index in [4.69, 9.17) is 17.3 Å². The molecule has 0 radical (unpaired) electrons. The number of benzene rings is 1. The zero-order chi connectivity index (χ0) is 12.0.